The topological polar surface area (TPSA) is 63.7 Å². The summed E-state index contributed by atoms with van der Waals surface area (Å²) in [6, 6.07) is 8.52. The van der Waals surface area contributed by atoms with Gasteiger partial charge in [0.05, 0.1) is 18.6 Å². The van der Waals surface area contributed by atoms with Crippen LogP contribution in [0.5, 0.6) is 0 Å². The van der Waals surface area contributed by atoms with E-state index in [2.05, 4.69) is 28.9 Å². The number of hydrogen-bond acceptors (Lipinski definition) is 4. The van der Waals surface area contributed by atoms with Crippen LogP contribution in [0.4, 0.5) is 0 Å². The van der Waals surface area contributed by atoms with Gasteiger partial charge < -0.3 is 0 Å². The molecule has 4 nitrogen and oxygen atoms in total. The maximum absolute atomic E-state index is 8.85. The van der Waals surface area contributed by atoms with Crippen molar-refractivity contribution in [3.05, 3.63) is 30.1 Å². The molecular formula is C14H18N4. The van der Waals surface area contributed by atoms with Gasteiger partial charge in [0.2, 0.25) is 0 Å². The van der Waals surface area contributed by atoms with Crippen molar-refractivity contribution < 1.29 is 0 Å². The largest absolute Gasteiger partial charge is 0.294 e. The second-order valence-electron chi connectivity index (χ2n) is 4.16. The van der Waals surface area contributed by atoms with Gasteiger partial charge in [0.15, 0.2) is 0 Å². The first-order valence-corrected chi connectivity index (χ1v) is 6.18. The normalized spacial score (nSPS) is 11.8. The van der Waals surface area contributed by atoms with Crippen LogP contribution in [0, 0.1) is 22.7 Å². The lowest BCUT2D eigenvalue weighted by atomic mass is 10.1. The van der Waals surface area contributed by atoms with Crippen molar-refractivity contribution in [2.24, 2.45) is 0 Å². The molecule has 0 bridgehead atoms. The smallest absolute Gasteiger partial charge is 0.0638 e. The molecule has 18 heavy (non-hydrogen) atoms. The van der Waals surface area contributed by atoms with E-state index in [9.17, 15) is 0 Å². The lowest BCUT2D eigenvalue weighted by Crippen LogP contribution is -2.35. The molecule has 0 aromatic carbocycles. The summed E-state index contributed by atoms with van der Waals surface area (Å²) >= 11 is 0. The van der Waals surface area contributed by atoms with Gasteiger partial charge in [-0.15, -0.1) is 0 Å². The SMILES string of the molecule is CCC(CC#N)N(CCC#N)Cc1cccnc1. The Morgan fingerprint density at radius 3 is 2.78 bits per heavy atom. The molecule has 0 amide bonds. The predicted octanol–water partition coefficient (Wildman–Crippen LogP) is 2.49. The van der Waals surface area contributed by atoms with Gasteiger partial charge in [-0.05, 0) is 18.1 Å². The summed E-state index contributed by atoms with van der Waals surface area (Å²) in [5.74, 6) is 0. The first kappa shape index (κ1) is 14.2. The average Bonchev–Trinajstić information content (AvgIpc) is 2.42. The zero-order valence-corrected chi connectivity index (χ0v) is 10.7. The lowest BCUT2D eigenvalue weighted by molar-refractivity contribution is 0.188. The highest BCUT2D eigenvalue weighted by Gasteiger charge is 2.16. The van der Waals surface area contributed by atoms with Gasteiger partial charge in [0, 0.05) is 37.9 Å². The van der Waals surface area contributed by atoms with Crippen LogP contribution in [0.15, 0.2) is 24.5 Å². The molecule has 0 aliphatic heterocycles. The molecule has 0 saturated heterocycles. The van der Waals surface area contributed by atoms with Crippen molar-refractivity contribution in [1.82, 2.24) is 9.88 Å². The first-order chi connectivity index (χ1) is 8.81. The molecule has 0 spiro atoms. The van der Waals surface area contributed by atoms with Crippen molar-refractivity contribution >= 4 is 0 Å². The number of nitriles is 2. The van der Waals surface area contributed by atoms with Crippen LogP contribution < -0.4 is 0 Å². The highest BCUT2D eigenvalue weighted by atomic mass is 15.1. The summed E-state index contributed by atoms with van der Waals surface area (Å²) in [4.78, 5) is 6.29. The number of rotatable bonds is 7. The molecule has 1 atom stereocenters. The average molecular weight is 242 g/mol. The zero-order chi connectivity index (χ0) is 13.2. The molecule has 1 heterocycles. The van der Waals surface area contributed by atoms with Gasteiger partial charge in [-0.1, -0.05) is 13.0 Å². The third kappa shape index (κ3) is 4.53. The second kappa shape index (κ2) is 8.22. The van der Waals surface area contributed by atoms with Crippen molar-refractivity contribution in [2.45, 2.75) is 38.8 Å². The summed E-state index contributed by atoms with van der Waals surface area (Å²) in [5.41, 5.74) is 1.12. The van der Waals surface area contributed by atoms with Crippen LogP contribution >= 0.6 is 0 Å². The summed E-state index contributed by atoms with van der Waals surface area (Å²) in [6.07, 6.45) is 5.48. The molecule has 0 aliphatic carbocycles. The van der Waals surface area contributed by atoms with Gasteiger partial charge in [0.25, 0.3) is 0 Å². The molecule has 0 N–H and O–H groups in total. The zero-order valence-electron chi connectivity index (χ0n) is 10.7. The lowest BCUT2D eigenvalue weighted by Gasteiger charge is -2.28. The number of hydrogen-bond donors (Lipinski definition) is 0. The molecule has 0 fully saturated rings. The number of pyridine rings is 1. The van der Waals surface area contributed by atoms with E-state index >= 15 is 0 Å². The third-order valence-corrected chi connectivity index (χ3v) is 2.93. The third-order valence-electron chi connectivity index (χ3n) is 2.93. The Bertz CT molecular complexity index is 416. The summed E-state index contributed by atoms with van der Waals surface area (Å²) < 4.78 is 0. The van der Waals surface area contributed by atoms with E-state index in [0.717, 1.165) is 18.5 Å². The van der Waals surface area contributed by atoms with E-state index in [-0.39, 0.29) is 6.04 Å². The van der Waals surface area contributed by atoms with Crippen LogP contribution in [0.1, 0.15) is 31.7 Å². The molecule has 1 aromatic rings. The minimum absolute atomic E-state index is 0.212. The molecule has 1 rings (SSSR count). The fourth-order valence-corrected chi connectivity index (χ4v) is 1.95. The quantitative estimate of drug-likeness (QED) is 0.737. The molecule has 0 saturated carbocycles. The molecule has 4 heteroatoms. The molecule has 94 valence electrons. The Morgan fingerprint density at radius 2 is 2.22 bits per heavy atom. The van der Waals surface area contributed by atoms with E-state index in [4.69, 9.17) is 10.5 Å². The molecule has 0 radical (unpaired) electrons. The fourth-order valence-electron chi connectivity index (χ4n) is 1.95. The first-order valence-electron chi connectivity index (χ1n) is 6.18. The van der Waals surface area contributed by atoms with Crippen molar-refractivity contribution in [1.29, 1.82) is 10.5 Å². The summed E-state index contributed by atoms with van der Waals surface area (Å²) in [6.45, 7) is 3.52. The minimum atomic E-state index is 0.212. The molecular weight excluding hydrogens is 224 g/mol. The summed E-state index contributed by atoms with van der Waals surface area (Å²) in [7, 11) is 0. The van der Waals surface area contributed by atoms with Crippen LogP contribution in [0.3, 0.4) is 0 Å². The van der Waals surface area contributed by atoms with Crippen molar-refractivity contribution in [2.75, 3.05) is 6.54 Å². The maximum atomic E-state index is 8.85. The second-order valence-corrected chi connectivity index (χ2v) is 4.16. The van der Waals surface area contributed by atoms with E-state index in [1.165, 1.54) is 0 Å². The van der Waals surface area contributed by atoms with E-state index in [1.54, 1.807) is 6.20 Å². The van der Waals surface area contributed by atoms with Crippen molar-refractivity contribution in [3.63, 3.8) is 0 Å². The number of aromatic nitrogens is 1. The predicted molar refractivity (Wildman–Crippen MR) is 69.2 cm³/mol. The van der Waals surface area contributed by atoms with Crippen molar-refractivity contribution in [3.8, 4) is 12.1 Å². The van der Waals surface area contributed by atoms with E-state index < -0.39 is 0 Å². The van der Waals surface area contributed by atoms with Gasteiger partial charge >= 0.3 is 0 Å². The Labute approximate surface area is 108 Å². The fraction of sp³-hybridized carbons (Fsp3) is 0.500. The standard InChI is InChI=1S/C14H18N4/c1-2-14(6-8-16)18(10-4-7-15)12-13-5-3-9-17-11-13/h3,5,9,11,14H,2,4,6,10,12H2,1H3. The van der Waals surface area contributed by atoms with E-state index in [0.29, 0.717) is 19.4 Å². The van der Waals surface area contributed by atoms with Gasteiger partial charge in [-0.2, -0.15) is 10.5 Å². The van der Waals surface area contributed by atoms with E-state index in [1.807, 2.05) is 18.3 Å². The highest BCUT2D eigenvalue weighted by Crippen LogP contribution is 2.13. The van der Waals surface area contributed by atoms with Crippen LogP contribution in [-0.2, 0) is 6.54 Å². The molecule has 1 unspecified atom stereocenters. The van der Waals surface area contributed by atoms with Crippen LogP contribution in [-0.4, -0.2) is 22.5 Å². The van der Waals surface area contributed by atoms with Gasteiger partial charge in [-0.25, -0.2) is 0 Å². The monoisotopic (exact) mass is 242 g/mol. The van der Waals surface area contributed by atoms with Crippen LogP contribution in [0.25, 0.3) is 0 Å². The molecule has 1 aromatic heterocycles. The van der Waals surface area contributed by atoms with Gasteiger partial charge in [0.1, 0.15) is 0 Å². The Kier molecular flexibility index (Phi) is 6.46. The van der Waals surface area contributed by atoms with Crippen LogP contribution in [0.2, 0.25) is 0 Å². The summed E-state index contributed by atoms with van der Waals surface area (Å²) in [5, 5.41) is 17.6. The Balaban J connectivity index is 2.71. The molecule has 0 aliphatic rings. The van der Waals surface area contributed by atoms with Gasteiger partial charge in [-0.3, -0.25) is 9.88 Å². The Morgan fingerprint density at radius 1 is 1.39 bits per heavy atom. The Hall–Kier alpha value is -1.91. The number of nitrogens with zero attached hydrogens (tertiary/aromatic N) is 4. The maximum Gasteiger partial charge on any atom is 0.0638 e. The highest BCUT2D eigenvalue weighted by molar-refractivity contribution is 5.08. The minimum Gasteiger partial charge on any atom is -0.294 e.